The van der Waals surface area contributed by atoms with Gasteiger partial charge in [-0.2, -0.15) is 4.98 Å². The number of nitrogens with zero attached hydrogens (tertiary/aromatic N) is 3. The molecule has 2 aromatic carbocycles. The van der Waals surface area contributed by atoms with Crippen molar-refractivity contribution < 1.29 is 18.5 Å². The van der Waals surface area contributed by atoms with Gasteiger partial charge in [0.15, 0.2) is 0 Å². The number of hydrogen-bond donors (Lipinski definition) is 1. The third kappa shape index (κ3) is 4.63. The second-order valence-corrected chi connectivity index (χ2v) is 7.51. The first-order valence-electron chi connectivity index (χ1n) is 10.3. The van der Waals surface area contributed by atoms with Gasteiger partial charge in [0.25, 0.3) is 5.91 Å². The molecule has 8 heteroatoms. The maximum absolute atomic E-state index is 14.0. The van der Waals surface area contributed by atoms with Gasteiger partial charge in [0, 0.05) is 30.8 Å². The Morgan fingerprint density at radius 2 is 2.06 bits per heavy atom. The lowest BCUT2D eigenvalue weighted by Crippen LogP contribution is -2.39. The minimum absolute atomic E-state index is 0.0697. The fourth-order valence-electron chi connectivity index (χ4n) is 3.67. The Labute approximate surface area is 179 Å². The molecule has 1 atom stereocenters. The summed E-state index contributed by atoms with van der Waals surface area (Å²) in [7, 11) is 0. The fourth-order valence-corrected chi connectivity index (χ4v) is 3.67. The Kier molecular flexibility index (Phi) is 6.06. The quantitative estimate of drug-likeness (QED) is 0.664. The zero-order valence-corrected chi connectivity index (χ0v) is 17.2. The predicted molar refractivity (Wildman–Crippen MR) is 113 cm³/mol. The van der Waals surface area contributed by atoms with E-state index in [0.717, 1.165) is 18.4 Å². The lowest BCUT2D eigenvalue weighted by atomic mass is 9.97. The van der Waals surface area contributed by atoms with E-state index < -0.39 is 5.82 Å². The Hall–Kier alpha value is -3.55. The van der Waals surface area contributed by atoms with Crippen molar-refractivity contribution in [2.45, 2.75) is 32.1 Å². The van der Waals surface area contributed by atoms with Crippen LogP contribution in [0.1, 0.15) is 48.4 Å². The molecule has 0 spiro atoms. The van der Waals surface area contributed by atoms with Gasteiger partial charge >= 0.3 is 0 Å². The number of halogens is 1. The lowest BCUT2D eigenvalue weighted by Gasteiger charge is -2.31. The highest BCUT2D eigenvalue weighted by molar-refractivity contribution is 5.94. The number of amides is 2. The summed E-state index contributed by atoms with van der Waals surface area (Å²) in [6.45, 7) is 2.74. The van der Waals surface area contributed by atoms with E-state index in [9.17, 15) is 14.0 Å². The molecule has 1 aliphatic heterocycles. The molecule has 160 valence electrons. The zero-order chi connectivity index (χ0) is 21.8. The molecule has 1 aliphatic rings. The second kappa shape index (κ2) is 9.07. The number of piperidine rings is 1. The molecule has 0 unspecified atom stereocenters. The summed E-state index contributed by atoms with van der Waals surface area (Å²) in [6.07, 6.45) is 1.96. The van der Waals surface area contributed by atoms with Crippen molar-refractivity contribution in [2.75, 3.05) is 18.4 Å². The van der Waals surface area contributed by atoms with Crippen molar-refractivity contribution in [1.82, 2.24) is 15.0 Å². The summed E-state index contributed by atoms with van der Waals surface area (Å²) in [5.41, 5.74) is 1.45. The van der Waals surface area contributed by atoms with E-state index in [-0.39, 0.29) is 23.3 Å². The van der Waals surface area contributed by atoms with Crippen LogP contribution >= 0.6 is 0 Å². The Bertz CT molecular complexity index is 1100. The number of rotatable bonds is 5. The summed E-state index contributed by atoms with van der Waals surface area (Å²) in [6, 6.07) is 13.2. The number of benzene rings is 2. The standard InChI is InChI=1S/C23H23FN4O3/c1-2-20(29)25-17-9-5-7-15(13-17)21-26-22(31-27-21)16-8-6-12-28(14-16)23(30)18-10-3-4-11-19(18)24/h3-5,7,9-11,13,16H,2,6,8,12,14H2,1H3,(H,25,29)/t16-/m1/s1. The van der Waals surface area contributed by atoms with Crippen molar-refractivity contribution in [1.29, 1.82) is 0 Å². The van der Waals surface area contributed by atoms with Gasteiger partial charge in [-0.3, -0.25) is 9.59 Å². The maximum Gasteiger partial charge on any atom is 0.256 e. The maximum atomic E-state index is 14.0. The molecule has 2 amide bonds. The van der Waals surface area contributed by atoms with Crippen LogP contribution in [0.2, 0.25) is 0 Å². The minimum Gasteiger partial charge on any atom is -0.339 e. The first kappa shape index (κ1) is 20.7. The molecule has 0 radical (unpaired) electrons. The van der Waals surface area contributed by atoms with Crippen LogP contribution in [0.4, 0.5) is 10.1 Å². The van der Waals surface area contributed by atoms with Crippen LogP contribution in [-0.4, -0.2) is 39.9 Å². The fraction of sp³-hybridized carbons (Fsp3) is 0.304. The summed E-state index contributed by atoms with van der Waals surface area (Å²) < 4.78 is 19.5. The molecule has 2 heterocycles. The van der Waals surface area contributed by atoms with Crippen LogP contribution in [0.5, 0.6) is 0 Å². The molecule has 0 bridgehead atoms. The number of carbonyl (C=O) groups is 2. The Morgan fingerprint density at radius 3 is 2.87 bits per heavy atom. The molecule has 4 rings (SSSR count). The van der Waals surface area contributed by atoms with E-state index >= 15 is 0 Å². The lowest BCUT2D eigenvalue weighted by molar-refractivity contribution is -0.115. The highest BCUT2D eigenvalue weighted by Crippen LogP contribution is 2.29. The monoisotopic (exact) mass is 422 g/mol. The molecule has 1 fully saturated rings. The minimum atomic E-state index is -0.523. The third-order valence-corrected chi connectivity index (χ3v) is 5.33. The molecule has 1 aromatic heterocycles. The predicted octanol–water partition coefficient (Wildman–Crippen LogP) is 4.24. The van der Waals surface area contributed by atoms with Gasteiger partial charge in [-0.15, -0.1) is 0 Å². The van der Waals surface area contributed by atoms with E-state index in [2.05, 4.69) is 15.5 Å². The number of aromatic nitrogens is 2. The first-order chi connectivity index (χ1) is 15.0. The van der Waals surface area contributed by atoms with Gasteiger partial charge in [0.05, 0.1) is 11.5 Å². The van der Waals surface area contributed by atoms with Gasteiger partial charge in [0.1, 0.15) is 5.82 Å². The van der Waals surface area contributed by atoms with Crippen LogP contribution in [0.3, 0.4) is 0 Å². The van der Waals surface area contributed by atoms with Gasteiger partial charge in [-0.25, -0.2) is 4.39 Å². The Balaban J connectivity index is 1.49. The number of carbonyl (C=O) groups excluding carboxylic acids is 2. The van der Waals surface area contributed by atoms with Crippen molar-refractivity contribution in [3.05, 3.63) is 65.8 Å². The normalized spacial score (nSPS) is 16.2. The SMILES string of the molecule is CCC(=O)Nc1cccc(-c2noc([C@@H]3CCCN(C(=O)c4ccccc4F)C3)n2)c1. The molecule has 31 heavy (non-hydrogen) atoms. The van der Waals surface area contributed by atoms with E-state index in [4.69, 9.17) is 4.52 Å². The molecule has 1 saturated heterocycles. The Morgan fingerprint density at radius 1 is 1.23 bits per heavy atom. The average molecular weight is 422 g/mol. The summed E-state index contributed by atoms with van der Waals surface area (Å²) in [5.74, 6) is -0.183. The van der Waals surface area contributed by atoms with Gasteiger partial charge in [0.2, 0.25) is 17.6 Å². The van der Waals surface area contributed by atoms with E-state index in [1.165, 1.54) is 12.1 Å². The van der Waals surface area contributed by atoms with Crippen LogP contribution in [0.15, 0.2) is 53.1 Å². The largest absolute Gasteiger partial charge is 0.339 e. The molecule has 0 saturated carbocycles. The van der Waals surface area contributed by atoms with Crippen LogP contribution < -0.4 is 5.32 Å². The van der Waals surface area contributed by atoms with E-state index in [1.54, 1.807) is 36.1 Å². The van der Waals surface area contributed by atoms with E-state index in [1.807, 2.05) is 12.1 Å². The van der Waals surface area contributed by atoms with Crippen molar-refractivity contribution in [2.24, 2.45) is 0 Å². The number of nitrogens with one attached hydrogen (secondary N) is 1. The summed E-state index contributed by atoms with van der Waals surface area (Å²) in [5, 5.41) is 6.89. The number of hydrogen-bond acceptors (Lipinski definition) is 5. The molecule has 3 aromatic rings. The third-order valence-electron chi connectivity index (χ3n) is 5.33. The number of anilines is 1. The highest BCUT2D eigenvalue weighted by Gasteiger charge is 2.30. The highest BCUT2D eigenvalue weighted by atomic mass is 19.1. The van der Waals surface area contributed by atoms with Crippen LogP contribution in [0, 0.1) is 5.82 Å². The molecule has 1 N–H and O–H groups in total. The van der Waals surface area contributed by atoms with E-state index in [0.29, 0.717) is 36.9 Å². The zero-order valence-electron chi connectivity index (χ0n) is 17.2. The number of likely N-dealkylation sites (tertiary alicyclic amines) is 1. The van der Waals surface area contributed by atoms with Gasteiger partial charge in [-0.1, -0.05) is 36.3 Å². The van der Waals surface area contributed by atoms with Crippen LogP contribution in [-0.2, 0) is 4.79 Å². The molecular formula is C23H23FN4O3. The molecule has 0 aliphatic carbocycles. The van der Waals surface area contributed by atoms with Crippen molar-refractivity contribution in [3.63, 3.8) is 0 Å². The van der Waals surface area contributed by atoms with Gasteiger partial charge < -0.3 is 14.7 Å². The smallest absolute Gasteiger partial charge is 0.256 e. The molecular weight excluding hydrogens is 399 g/mol. The average Bonchev–Trinajstić information content (AvgIpc) is 3.30. The molecule has 7 nitrogen and oxygen atoms in total. The van der Waals surface area contributed by atoms with Crippen LogP contribution in [0.25, 0.3) is 11.4 Å². The van der Waals surface area contributed by atoms with Crippen molar-refractivity contribution >= 4 is 17.5 Å². The summed E-state index contributed by atoms with van der Waals surface area (Å²) in [4.78, 5) is 30.6. The van der Waals surface area contributed by atoms with Gasteiger partial charge in [-0.05, 0) is 37.1 Å². The first-order valence-corrected chi connectivity index (χ1v) is 10.3. The second-order valence-electron chi connectivity index (χ2n) is 7.51. The topological polar surface area (TPSA) is 88.3 Å². The summed E-state index contributed by atoms with van der Waals surface area (Å²) >= 11 is 0. The van der Waals surface area contributed by atoms with Crippen molar-refractivity contribution in [3.8, 4) is 11.4 Å².